The zero-order valence-electron chi connectivity index (χ0n) is 22.4. The van der Waals surface area contributed by atoms with Gasteiger partial charge in [0.2, 0.25) is 0 Å². The van der Waals surface area contributed by atoms with Crippen molar-refractivity contribution in [1.82, 2.24) is 10.2 Å². The molecular formula is C28H34ClN3O5S. The molecule has 0 heterocycles. The first-order valence-corrected chi connectivity index (χ1v) is 13.7. The Labute approximate surface area is 233 Å². The highest BCUT2D eigenvalue weighted by Gasteiger charge is 2.37. The number of para-hydroxylation sites is 2. The number of anilines is 1. The molecule has 10 heteroatoms. The van der Waals surface area contributed by atoms with Gasteiger partial charge in [-0.15, -0.1) is 0 Å². The predicted molar refractivity (Wildman–Crippen MR) is 152 cm³/mol. The van der Waals surface area contributed by atoms with Crippen LogP contribution < -0.4 is 10.6 Å². The Kier molecular flexibility index (Phi) is 10.9. The van der Waals surface area contributed by atoms with Crippen LogP contribution in [0.1, 0.15) is 49.9 Å². The molecule has 0 aliphatic carbocycles. The smallest absolute Gasteiger partial charge is 0.408 e. The van der Waals surface area contributed by atoms with E-state index in [1.54, 1.807) is 65.0 Å². The topological polar surface area (TPSA) is 108 Å². The number of nitrogens with one attached hydrogen (secondary N) is 2. The van der Waals surface area contributed by atoms with Gasteiger partial charge in [0.1, 0.15) is 17.4 Å². The van der Waals surface area contributed by atoms with Crippen LogP contribution in [-0.2, 0) is 14.3 Å². The third-order valence-corrected chi connectivity index (χ3v) is 6.48. The van der Waals surface area contributed by atoms with E-state index in [4.69, 9.17) is 22.8 Å². The average Bonchev–Trinajstić information content (AvgIpc) is 2.83. The van der Waals surface area contributed by atoms with E-state index < -0.39 is 35.6 Å². The molecule has 0 spiro atoms. The van der Waals surface area contributed by atoms with Crippen LogP contribution in [-0.4, -0.2) is 51.6 Å². The number of carbonyl (C=O) groups is 3. The lowest BCUT2D eigenvalue weighted by Crippen LogP contribution is -2.51. The molecule has 0 radical (unpaired) electrons. The van der Waals surface area contributed by atoms with Crippen molar-refractivity contribution in [2.75, 3.05) is 17.3 Å². The second-order valence-corrected chi connectivity index (χ2v) is 11.0. The van der Waals surface area contributed by atoms with E-state index in [0.717, 1.165) is 4.90 Å². The van der Waals surface area contributed by atoms with Gasteiger partial charge in [0.15, 0.2) is 6.04 Å². The fourth-order valence-corrected chi connectivity index (χ4v) is 4.40. The molecule has 3 N–H and O–H groups in total. The monoisotopic (exact) mass is 559 g/mol. The molecule has 0 saturated heterocycles. The fraction of sp³-hybridized carbons (Fsp3) is 0.393. The van der Waals surface area contributed by atoms with E-state index in [1.807, 2.05) is 6.26 Å². The van der Waals surface area contributed by atoms with Crippen LogP contribution in [0.15, 0.2) is 36.4 Å². The van der Waals surface area contributed by atoms with Crippen molar-refractivity contribution in [2.45, 2.75) is 58.7 Å². The van der Waals surface area contributed by atoms with Gasteiger partial charge >= 0.3 is 6.09 Å². The number of aromatic hydroxyl groups is 1. The largest absolute Gasteiger partial charge is 0.507 e. The Morgan fingerprint density at radius 3 is 2.37 bits per heavy atom. The van der Waals surface area contributed by atoms with E-state index in [1.165, 1.54) is 17.8 Å². The molecule has 3 amide bonds. The number of amides is 3. The minimum absolute atomic E-state index is 0.124. The number of carbonyl (C=O) groups excluding carboxylic acids is 3. The Hall–Kier alpha value is -3.35. The van der Waals surface area contributed by atoms with E-state index >= 15 is 0 Å². The van der Waals surface area contributed by atoms with Crippen molar-refractivity contribution in [2.24, 2.45) is 0 Å². The third-order valence-electron chi connectivity index (χ3n) is 5.52. The molecule has 2 aromatic rings. The number of terminal acetylenes is 1. The average molecular weight is 560 g/mol. The highest BCUT2D eigenvalue weighted by atomic mass is 35.5. The van der Waals surface area contributed by atoms with Crippen LogP contribution in [0.5, 0.6) is 5.75 Å². The third kappa shape index (κ3) is 8.07. The number of nitrogens with zero attached hydrogens (tertiary/aromatic N) is 1. The van der Waals surface area contributed by atoms with E-state index in [2.05, 4.69) is 16.7 Å². The quantitative estimate of drug-likeness (QED) is 0.280. The molecule has 2 aromatic carbocycles. The number of thioether (sulfide) groups is 1. The highest BCUT2D eigenvalue weighted by Crippen LogP contribution is 2.34. The molecule has 0 fully saturated rings. The molecule has 0 aliphatic heterocycles. The zero-order valence-corrected chi connectivity index (χ0v) is 24.0. The molecule has 0 aliphatic rings. The van der Waals surface area contributed by atoms with Gasteiger partial charge in [0, 0.05) is 11.6 Å². The van der Waals surface area contributed by atoms with E-state index in [0.29, 0.717) is 27.6 Å². The lowest BCUT2D eigenvalue weighted by atomic mass is 9.99. The van der Waals surface area contributed by atoms with Crippen LogP contribution in [0.4, 0.5) is 10.5 Å². The van der Waals surface area contributed by atoms with Crippen molar-refractivity contribution < 1.29 is 24.2 Å². The van der Waals surface area contributed by atoms with Gasteiger partial charge in [-0.3, -0.25) is 14.5 Å². The van der Waals surface area contributed by atoms with Gasteiger partial charge in [-0.2, -0.15) is 11.8 Å². The molecule has 8 nitrogen and oxygen atoms in total. The van der Waals surface area contributed by atoms with Gasteiger partial charge < -0.3 is 20.5 Å². The van der Waals surface area contributed by atoms with Gasteiger partial charge in [0.05, 0.1) is 10.7 Å². The van der Waals surface area contributed by atoms with Crippen LogP contribution in [0.3, 0.4) is 0 Å². The predicted octanol–water partition coefficient (Wildman–Crippen LogP) is 5.41. The van der Waals surface area contributed by atoms with Crippen molar-refractivity contribution in [3.05, 3.63) is 58.1 Å². The number of hydrogen-bond acceptors (Lipinski definition) is 6. The van der Waals surface area contributed by atoms with Crippen molar-refractivity contribution in [1.29, 1.82) is 0 Å². The maximum Gasteiger partial charge on any atom is 0.408 e. The number of alkyl carbamates (subject to hydrolysis) is 1. The standard InChI is InChI=1S/C28H34ClN3O5S/c1-8-32(26(35)21(15-16-38-7)30-27(36)37-28(4,5)6)23(19-13-9-12-18(3)24(19)33)25(34)31-22-17(2)11-10-14-20(22)29/h1,9-14,21,23,33H,15-16H2,2-7H3,(H,30,36)(H,31,34). The second-order valence-electron chi connectivity index (χ2n) is 9.65. The number of phenols is 1. The van der Waals surface area contributed by atoms with Gasteiger partial charge in [-0.1, -0.05) is 48.4 Å². The van der Waals surface area contributed by atoms with Gasteiger partial charge in [-0.25, -0.2) is 4.79 Å². The van der Waals surface area contributed by atoms with Crippen molar-refractivity contribution >= 4 is 47.0 Å². The summed E-state index contributed by atoms with van der Waals surface area (Å²) in [5, 5.41) is 16.5. The minimum atomic E-state index is -1.43. The molecular weight excluding hydrogens is 526 g/mol. The number of ether oxygens (including phenoxy) is 1. The Balaban J connectivity index is 2.55. The number of rotatable bonds is 9. The van der Waals surface area contributed by atoms with Gasteiger partial charge in [0.25, 0.3) is 11.8 Å². The number of aryl methyl sites for hydroxylation is 2. The van der Waals surface area contributed by atoms with Crippen LogP contribution in [0.25, 0.3) is 0 Å². The van der Waals surface area contributed by atoms with Gasteiger partial charge in [-0.05, 0) is 70.2 Å². The lowest BCUT2D eigenvalue weighted by molar-refractivity contribution is -0.136. The molecule has 38 heavy (non-hydrogen) atoms. The molecule has 204 valence electrons. The van der Waals surface area contributed by atoms with Crippen LogP contribution in [0.2, 0.25) is 5.02 Å². The summed E-state index contributed by atoms with van der Waals surface area (Å²) in [6.45, 7) is 8.55. The molecule has 2 rings (SSSR count). The van der Waals surface area contributed by atoms with Crippen LogP contribution in [0, 0.1) is 26.3 Å². The first-order valence-electron chi connectivity index (χ1n) is 11.9. The van der Waals surface area contributed by atoms with E-state index in [9.17, 15) is 19.5 Å². The molecule has 0 aromatic heterocycles. The number of halogens is 1. The Bertz CT molecular complexity index is 1200. The summed E-state index contributed by atoms with van der Waals surface area (Å²) in [4.78, 5) is 41.0. The maximum absolute atomic E-state index is 13.8. The summed E-state index contributed by atoms with van der Waals surface area (Å²) in [5.41, 5.74) is 0.877. The Morgan fingerprint density at radius 1 is 1.16 bits per heavy atom. The SMILES string of the molecule is C#CN(C(=O)C(CCSC)NC(=O)OC(C)(C)C)C(C(=O)Nc1c(C)cccc1Cl)c1cccc(C)c1O. The highest BCUT2D eigenvalue weighted by molar-refractivity contribution is 7.98. The molecule has 2 atom stereocenters. The van der Waals surface area contributed by atoms with Crippen molar-refractivity contribution in [3.63, 3.8) is 0 Å². The lowest BCUT2D eigenvalue weighted by Gasteiger charge is -2.31. The fourth-order valence-electron chi connectivity index (χ4n) is 3.66. The maximum atomic E-state index is 13.8. The molecule has 2 unspecified atom stereocenters. The minimum Gasteiger partial charge on any atom is -0.507 e. The molecule has 0 bridgehead atoms. The first kappa shape index (κ1) is 30.9. The summed E-state index contributed by atoms with van der Waals surface area (Å²) in [6.07, 6.45) is 7.11. The summed E-state index contributed by atoms with van der Waals surface area (Å²) in [5.74, 6) is -1.05. The van der Waals surface area contributed by atoms with E-state index in [-0.39, 0.29) is 17.7 Å². The number of hydrogen-bond donors (Lipinski definition) is 3. The second kappa shape index (κ2) is 13.4. The summed E-state index contributed by atoms with van der Waals surface area (Å²) < 4.78 is 5.33. The zero-order chi connectivity index (χ0) is 28.6. The summed E-state index contributed by atoms with van der Waals surface area (Å²) >= 11 is 7.80. The van der Waals surface area contributed by atoms with Crippen LogP contribution >= 0.6 is 23.4 Å². The number of benzene rings is 2. The Morgan fingerprint density at radius 2 is 1.79 bits per heavy atom. The van der Waals surface area contributed by atoms with Crippen molar-refractivity contribution in [3.8, 4) is 18.2 Å². The molecule has 0 saturated carbocycles. The normalized spacial score (nSPS) is 12.6. The summed E-state index contributed by atoms with van der Waals surface area (Å²) in [7, 11) is 0. The first-order chi connectivity index (χ1) is 17.8. The summed E-state index contributed by atoms with van der Waals surface area (Å²) in [6, 6.07) is 9.75. The number of phenolic OH excluding ortho intramolecular Hbond substituents is 1.